The van der Waals surface area contributed by atoms with E-state index in [9.17, 15) is 8.42 Å². The van der Waals surface area contributed by atoms with Gasteiger partial charge in [0.15, 0.2) is 0 Å². The van der Waals surface area contributed by atoms with Gasteiger partial charge >= 0.3 is 0 Å². The maximum atomic E-state index is 11.1. The van der Waals surface area contributed by atoms with Gasteiger partial charge in [-0.25, -0.2) is 8.42 Å². The number of allylic oxidation sites excluding steroid dienone is 1. The normalized spacial score (nSPS) is 22.3. The van der Waals surface area contributed by atoms with Gasteiger partial charge < -0.3 is 4.74 Å². The van der Waals surface area contributed by atoms with E-state index in [2.05, 4.69) is 12.2 Å². The Balaban J connectivity index is 2.04. The van der Waals surface area contributed by atoms with Gasteiger partial charge in [0.2, 0.25) is 0 Å². The van der Waals surface area contributed by atoms with Crippen molar-refractivity contribution < 1.29 is 13.2 Å². The van der Waals surface area contributed by atoms with Gasteiger partial charge in [0.25, 0.3) is 9.05 Å². The average molecular weight is 301 g/mol. The van der Waals surface area contributed by atoms with Crippen molar-refractivity contribution in [3.05, 3.63) is 36.4 Å². The highest BCUT2D eigenvalue weighted by Gasteiger charge is 2.11. The lowest BCUT2D eigenvalue weighted by Gasteiger charge is -2.17. The standard InChI is InChI=1S/C14H17ClO3S/c15-19(16,17)14-10-8-13(9-11-14)18-12-6-4-2-1-3-5-7-12/h4,6,8-12H,1-3,5,7H2/b6-4+. The highest BCUT2D eigenvalue weighted by atomic mass is 35.7. The van der Waals surface area contributed by atoms with E-state index in [-0.39, 0.29) is 11.0 Å². The maximum absolute atomic E-state index is 11.1. The van der Waals surface area contributed by atoms with E-state index in [1.165, 1.54) is 25.0 Å². The van der Waals surface area contributed by atoms with Crippen molar-refractivity contribution in [3.8, 4) is 5.75 Å². The molecule has 0 saturated carbocycles. The first-order valence-electron chi connectivity index (χ1n) is 6.44. The summed E-state index contributed by atoms with van der Waals surface area (Å²) in [6.45, 7) is 0. The Kier molecular flexibility index (Phi) is 4.88. The molecule has 1 atom stereocenters. The van der Waals surface area contributed by atoms with Crippen molar-refractivity contribution >= 4 is 19.7 Å². The molecule has 0 radical (unpaired) electrons. The van der Waals surface area contributed by atoms with E-state index < -0.39 is 9.05 Å². The SMILES string of the molecule is O=S(=O)(Cl)c1ccc(OC2/C=C/CCCCC2)cc1. The first-order chi connectivity index (χ1) is 9.05. The van der Waals surface area contributed by atoms with Gasteiger partial charge in [-0.15, -0.1) is 0 Å². The fourth-order valence-corrected chi connectivity index (χ4v) is 2.85. The van der Waals surface area contributed by atoms with Crippen LogP contribution in [0.5, 0.6) is 5.75 Å². The van der Waals surface area contributed by atoms with Crippen LogP contribution in [-0.2, 0) is 9.05 Å². The maximum Gasteiger partial charge on any atom is 0.261 e. The molecule has 19 heavy (non-hydrogen) atoms. The molecule has 5 heteroatoms. The lowest BCUT2D eigenvalue weighted by Crippen LogP contribution is -2.14. The van der Waals surface area contributed by atoms with Gasteiger partial charge in [0, 0.05) is 10.7 Å². The minimum Gasteiger partial charge on any atom is -0.486 e. The summed E-state index contributed by atoms with van der Waals surface area (Å²) in [5, 5.41) is 0. The second-order valence-corrected chi connectivity index (χ2v) is 7.20. The summed E-state index contributed by atoms with van der Waals surface area (Å²) in [4.78, 5) is 0.0923. The molecule has 2 rings (SSSR count). The zero-order chi connectivity index (χ0) is 13.7. The summed E-state index contributed by atoms with van der Waals surface area (Å²) in [5.74, 6) is 0.666. The van der Waals surface area contributed by atoms with Gasteiger partial charge in [0.1, 0.15) is 11.9 Å². The Morgan fingerprint density at radius 1 is 1.11 bits per heavy atom. The molecule has 0 aliphatic heterocycles. The number of benzene rings is 1. The molecule has 1 unspecified atom stereocenters. The zero-order valence-electron chi connectivity index (χ0n) is 10.6. The molecule has 3 nitrogen and oxygen atoms in total. The van der Waals surface area contributed by atoms with Crippen molar-refractivity contribution in [2.45, 2.75) is 43.1 Å². The summed E-state index contributed by atoms with van der Waals surface area (Å²) in [5.41, 5.74) is 0. The van der Waals surface area contributed by atoms with Gasteiger partial charge in [-0.2, -0.15) is 0 Å². The lowest BCUT2D eigenvalue weighted by molar-refractivity contribution is 0.231. The molecule has 0 heterocycles. The fraction of sp³-hybridized carbons (Fsp3) is 0.429. The molecular weight excluding hydrogens is 284 g/mol. The number of hydrogen-bond donors (Lipinski definition) is 0. The number of hydrogen-bond acceptors (Lipinski definition) is 3. The van der Waals surface area contributed by atoms with Crippen LogP contribution in [0.1, 0.15) is 32.1 Å². The van der Waals surface area contributed by atoms with Crippen molar-refractivity contribution in [3.63, 3.8) is 0 Å². The molecule has 0 N–H and O–H groups in total. The monoisotopic (exact) mass is 300 g/mol. The van der Waals surface area contributed by atoms with E-state index in [1.54, 1.807) is 12.1 Å². The Bertz CT molecular complexity index is 534. The molecule has 1 aromatic rings. The van der Waals surface area contributed by atoms with Crippen LogP contribution in [0.2, 0.25) is 0 Å². The third-order valence-electron chi connectivity index (χ3n) is 3.10. The van der Waals surface area contributed by atoms with E-state index in [1.807, 2.05) is 0 Å². The molecular formula is C14H17ClO3S. The summed E-state index contributed by atoms with van der Waals surface area (Å²) in [6, 6.07) is 6.21. The third kappa shape index (κ3) is 4.55. The minimum absolute atomic E-state index is 0.0683. The Labute approximate surface area is 118 Å². The van der Waals surface area contributed by atoms with Gasteiger partial charge in [-0.3, -0.25) is 0 Å². The van der Waals surface area contributed by atoms with Crippen LogP contribution >= 0.6 is 10.7 Å². The second kappa shape index (κ2) is 6.44. The molecule has 0 saturated heterocycles. The Morgan fingerprint density at radius 2 is 1.84 bits per heavy atom. The molecule has 1 aliphatic rings. The number of halogens is 1. The smallest absolute Gasteiger partial charge is 0.261 e. The van der Waals surface area contributed by atoms with Gasteiger partial charge in [0.05, 0.1) is 4.90 Å². The molecule has 1 aliphatic carbocycles. The summed E-state index contributed by atoms with van der Waals surface area (Å²) >= 11 is 0. The average Bonchev–Trinajstić information content (AvgIpc) is 2.32. The van der Waals surface area contributed by atoms with E-state index in [4.69, 9.17) is 15.4 Å². The third-order valence-corrected chi connectivity index (χ3v) is 4.47. The van der Waals surface area contributed by atoms with E-state index >= 15 is 0 Å². The molecule has 1 aromatic carbocycles. The Morgan fingerprint density at radius 3 is 2.53 bits per heavy atom. The van der Waals surface area contributed by atoms with Crippen LogP contribution in [0.15, 0.2) is 41.3 Å². The number of ether oxygens (including phenoxy) is 1. The summed E-state index contributed by atoms with van der Waals surface area (Å²) < 4.78 is 28.1. The summed E-state index contributed by atoms with van der Waals surface area (Å²) in [7, 11) is 1.60. The van der Waals surface area contributed by atoms with Crippen LogP contribution in [0, 0.1) is 0 Å². The highest BCUT2D eigenvalue weighted by Crippen LogP contribution is 2.22. The van der Waals surface area contributed by atoms with Crippen LogP contribution in [0.25, 0.3) is 0 Å². The Hall–Kier alpha value is -1.00. The molecule has 0 spiro atoms. The van der Waals surface area contributed by atoms with Crippen molar-refractivity contribution in [2.24, 2.45) is 0 Å². The largest absolute Gasteiger partial charge is 0.486 e. The number of rotatable bonds is 3. The molecule has 0 aromatic heterocycles. The molecule has 0 fully saturated rings. The van der Waals surface area contributed by atoms with Crippen molar-refractivity contribution in [2.75, 3.05) is 0 Å². The second-order valence-electron chi connectivity index (χ2n) is 4.63. The van der Waals surface area contributed by atoms with Crippen LogP contribution < -0.4 is 4.74 Å². The lowest BCUT2D eigenvalue weighted by atomic mass is 10.0. The van der Waals surface area contributed by atoms with Crippen LogP contribution in [0.4, 0.5) is 0 Å². The van der Waals surface area contributed by atoms with Gasteiger partial charge in [-0.1, -0.05) is 12.5 Å². The van der Waals surface area contributed by atoms with E-state index in [0.717, 1.165) is 19.3 Å². The first-order valence-corrected chi connectivity index (χ1v) is 8.75. The van der Waals surface area contributed by atoms with E-state index in [0.29, 0.717) is 5.75 Å². The zero-order valence-corrected chi connectivity index (χ0v) is 12.2. The predicted octanol–water partition coefficient (Wildman–Crippen LogP) is 3.88. The molecule has 0 bridgehead atoms. The summed E-state index contributed by atoms with van der Waals surface area (Å²) in [6.07, 6.45) is 10.0. The quantitative estimate of drug-likeness (QED) is 0.628. The minimum atomic E-state index is -3.66. The molecule has 104 valence electrons. The van der Waals surface area contributed by atoms with Crippen LogP contribution in [0.3, 0.4) is 0 Å². The fourth-order valence-electron chi connectivity index (χ4n) is 2.08. The van der Waals surface area contributed by atoms with Crippen molar-refractivity contribution in [1.29, 1.82) is 0 Å². The topological polar surface area (TPSA) is 43.4 Å². The highest BCUT2D eigenvalue weighted by molar-refractivity contribution is 8.13. The van der Waals surface area contributed by atoms with Crippen molar-refractivity contribution in [1.82, 2.24) is 0 Å². The first kappa shape index (κ1) is 14.4. The van der Waals surface area contributed by atoms with Gasteiger partial charge in [-0.05, 0) is 56.0 Å². The van der Waals surface area contributed by atoms with Crippen LogP contribution in [-0.4, -0.2) is 14.5 Å². The molecule has 0 amide bonds. The predicted molar refractivity (Wildman–Crippen MR) is 76.1 cm³/mol.